The predicted octanol–water partition coefficient (Wildman–Crippen LogP) is 5.85. The Hall–Kier alpha value is -2.69. The molecule has 34 heavy (non-hydrogen) atoms. The van der Waals surface area contributed by atoms with Gasteiger partial charge in [-0.15, -0.1) is 0 Å². The Labute approximate surface area is 203 Å². The molecule has 4 nitrogen and oxygen atoms in total. The van der Waals surface area contributed by atoms with Crippen LogP contribution in [-0.2, 0) is 4.79 Å². The summed E-state index contributed by atoms with van der Waals surface area (Å²) in [5, 5.41) is 15.9. The third-order valence-electron chi connectivity index (χ3n) is 8.24. The minimum absolute atomic E-state index is 0.150. The molecule has 2 fully saturated rings. The van der Waals surface area contributed by atoms with Gasteiger partial charge < -0.3 is 10.4 Å². The Kier molecular flexibility index (Phi) is 6.98. The average molecular weight is 457 g/mol. The van der Waals surface area contributed by atoms with Crippen molar-refractivity contribution < 1.29 is 9.90 Å². The largest absolute Gasteiger partial charge is 0.481 e. The molecule has 3 atom stereocenters. The van der Waals surface area contributed by atoms with Gasteiger partial charge in [0.05, 0.1) is 5.92 Å². The van der Waals surface area contributed by atoms with Gasteiger partial charge in [0.15, 0.2) is 0 Å². The zero-order valence-corrected chi connectivity index (χ0v) is 20.1. The number of nitrogens with zero attached hydrogens (tertiary/aromatic N) is 1. The summed E-state index contributed by atoms with van der Waals surface area (Å²) in [6.45, 7) is 5.41. The highest BCUT2D eigenvalue weighted by Crippen LogP contribution is 2.38. The van der Waals surface area contributed by atoms with Crippen LogP contribution < -0.4 is 5.32 Å². The molecule has 1 aliphatic carbocycles. The Morgan fingerprint density at radius 1 is 0.941 bits per heavy atom. The molecular formula is C30H36N2O2. The predicted molar refractivity (Wildman–Crippen MR) is 138 cm³/mol. The van der Waals surface area contributed by atoms with Crippen LogP contribution in [0.5, 0.6) is 0 Å². The number of hydrogen-bond acceptors (Lipinski definition) is 3. The number of carbonyl (C=O) groups is 1. The van der Waals surface area contributed by atoms with Crippen molar-refractivity contribution in [2.75, 3.05) is 19.6 Å². The minimum Gasteiger partial charge on any atom is -0.481 e. The summed E-state index contributed by atoms with van der Waals surface area (Å²) in [6.07, 6.45) is 3.64. The van der Waals surface area contributed by atoms with Crippen molar-refractivity contribution in [1.82, 2.24) is 10.2 Å². The molecule has 3 aromatic carbocycles. The van der Waals surface area contributed by atoms with Gasteiger partial charge in [-0.05, 0) is 60.4 Å². The third kappa shape index (κ3) is 4.89. The SMILES string of the molecule is C[C@@H](NC[C@@H]1CN(C2CCC(C(=O)O)CC2)C[C@@H]1c1ccccc1)c1cccc2ccccc12. The molecular weight excluding hydrogens is 420 g/mol. The minimum atomic E-state index is -0.619. The lowest BCUT2D eigenvalue weighted by molar-refractivity contribution is -0.143. The van der Waals surface area contributed by atoms with Crippen molar-refractivity contribution in [3.05, 3.63) is 83.9 Å². The van der Waals surface area contributed by atoms with E-state index in [0.717, 1.165) is 45.3 Å². The number of fused-ring (bicyclic) bond motifs is 1. The maximum absolute atomic E-state index is 11.4. The van der Waals surface area contributed by atoms with Gasteiger partial charge in [-0.3, -0.25) is 9.69 Å². The van der Waals surface area contributed by atoms with Crippen LogP contribution in [0.2, 0.25) is 0 Å². The molecule has 1 aliphatic heterocycles. The van der Waals surface area contributed by atoms with E-state index in [1.54, 1.807) is 0 Å². The van der Waals surface area contributed by atoms with Crippen molar-refractivity contribution in [3.63, 3.8) is 0 Å². The average Bonchev–Trinajstić information content (AvgIpc) is 3.32. The lowest BCUT2D eigenvalue weighted by Crippen LogP contribution is -2.38. The second kappa shape index (κ2) is 10.3. The molecule has 178 valence electrons. The summed E-state index contributed by atoms with van der Waals surface area (Å²) in [7, 11) is 0. The Morgan fingerprint density at radius 3 is 2.41 bits per heavy atom. The molecule has 0 bridgehead atoms. The van der Waals surface area contributed by atoms with Crippen LogP contribution in [0.4, 0.5) is 0 Å². The first-order chi connectivity index (χ1) is 16.6. The third-order valence-corrected chi connectivity index (χ3v) is 8.24. The molecule has 1 heterocycles. The Morgan fingerprint density at radius 2 is 1.65 bits per heavy atom. The number of carboxylic acids is 1. The van der Waals surface area contributed by atoms with E-state index in [4.69, 9.17) is 0 Å². The molecule has 2 aliphatic rings. The zero-order chi connectivity index (χ0) is 23.5. The van der Waals surface area contributed by atoms with Gasteiger partial charge in [-0.1, -0.05) is 72.8 Å². The van der Waals surface area contributed by atoms with E-state index in [0.29, 0.717) is 17.9 Å². The van der Waals surface area contributed by atoms with E-state index in [2.05, 4.69) is 89.9 Å². The molecule has 0 spiro atoms. The number of nitrogens with one attached hydrogen (secondary N) is 1. The molecule has 3 aromatic rings. The standard InChI is InChI=1S/C30H36N2O2/c1-21(27-13-7-11-22-10-5-6-12-28(22)27)31-18-25-19-32(20-29(25)23-8-3-2-4-9-23)26-16-14-24(15-17-26)30(33)34/h2-13,21,24-26,29,31H,14-20H2,1H3,(H,33,34)/t21-,24?,25-,26?,29-/m1/s1. The van der Waals surface area contributed by atoms with Crippen LogP contribution in [0, 0.1) is 11.8 Å². The lowest BCUT2D eigenvalue weighted by atomic mass is 9.85. The van der Waals surface area contributed by atoms with Crippen molar-refractivity contribution in [2.45, 2.75) is 50.6 Å². The Bertz CT molecular complexity index is 1100. The van der Waals surface area contributed by atoms with Gasteiger partial charge in [0.25, 0.3) is 0 Å². The van der Waals surface area contributed by atoms with Crippen LogP contribution in [0.25, 0.3) is 10.8 Å². The van der Waals surface area contributed by atoms with Crippen molar-refractivity contribution in [1.29, 1.82) is 0 Å². The smallest absolute Gasteiger partial charge is 0.306 e. The van der Waals surface area contributed by atoms with Crippen molar-refractivity contribution in [2.24, 2.45) is 11.8 Å². The Balaban J connectivity index is 1.29. The van der Waals surface area contributed by atoms with E-state index in [-0.39, 0.29) is 12.0 Å². The number of carboxylic acid groups (broad SMARTS) is 1. The van der Waals surface area contributed by atoms with E-state index in [9.17, 15) is 9.90 Å². The first-order valence-electron chi connectivity index (χ1n) is 12.8. The number of aliphatic carboxylic acids is 1. The summed E-state index contributed by atoms with van der Waals surface area (Å²) in [5.74, 6) is 0.275. The highest BCUT2D eigenvalue weighted by Gasteiger charge is 2.38. The summed E-state index contributed by atoms with van der Waals surface area (Å²) in [6, 6.07) is 27.0. The fraction of sp³-hybridized carbons (Fsp3) is 0.433. The van der Waals surface area contributed by atoms with Gasteiger partial charge in [0.2, 0.25) is 0 Å². The molecule has 1 saturated heterocycles. The molecule has 2 N–H and O–H groups in total. The summed E-state index contributed by atoms with van der Waals surface area (Å²) >= 11 is 0. The van der Waals surface area contributed by atoms with Crippen molar-refractivity contribution in [3.8, 4) is 0 Å². The first kappa shape index (κ1) is 23.1. The maximum atomic E-state index is 11.4. The lowest BCUT2D eigenvalue weighted by Gasteiger charge is -2.33. The highest BCUT2D eigenvalue weighted by molar-refractivity contribution is 5.86. The second-order valence-corrected chi connectivity index (χ2v) is 10.3. The second-order valence-electron chi connectivity index (χ2n) is 10.3. The fourth-order valence-electron chi connectivity index (χ4n) is 6.24. The molecule has 0 radical (unpaired) electrons. The van der Waals surface area contributed by atoms with E-state index < -0.39 is 5.97 Å². The van der Waals surface area contributed by atoms with Gasteiger partial charge in [-0.2, -0.15) is 0 Å². The number of benzene rings is 3. The summed E-state index contributed by atoms with van der Waals surface area (Å²) < 4.78 is 0. The van der Waals surface area contributed by atoms with E-state index in [1.807, 2.05) is 0 Å². The van der Waals surface area contributed by atoms with Gasteiger partial charge in [0, 0.05) is 37.6 Å². The van der Waals surface area contributed by atoms with Crippen LogP contribution >= 0.6 is 0 Å². The van der Waals surface area contributed by atoms with Gasteiger partial charge in [0.1, 0.15) is 0 Å². The number of likely N-dealkylation sites (tertiary alicyclic amines) is 1. The molecule has 4 heteroatoms. The van der Waals surface area contributed by atoms with E-state index >= 15 is 0 Å². The molecule has 0 aromatic heterocycles. The van der Waals surface area contributed by atoms with Crippen LogP contribution in [0.15, 0.2) is 72.8 Å². The molecule has 1 saturated carbocycles. The normalized spacial score (nSPS) is 26.5. The van der Waals surface area contributed by atoms with Gasteiger partial charge in [-0.25, -0.2) is 0 Å². The fourth-order valence-corrected chi connectivity index (χ4v) is 6.24. The first-order valence-corrected chi connectivity index (χ1v) is 12.8. The topological polar surface area (TPSA) is 52.6 Å². The molecule has 0 unspecified atom stereocenters. The van der Waals surface area contributed by atoms with Gasteiger partial charge >= 0.3 is 5.97 Å². The molecule has 0 amide bonds. The van der Waals surface area contributed by atoms with Crippen LogP contribution in [-0.4, -0.2) is 41.7 Å². The van der Waals surface area contributed by atoms with Crippen LogP contribution in [0.1, 0.15) is 55.7 Å². The zero-order valence-electron chi connectivity index (χ0n) is 20.1. The maximum Gasteiger partial charge on any atom is 0.306 e. The monoisotopic (exact) mass is 456 g/mol. The van der Waals surface area contributed by atoms with Crippen molar-refractivity contribution >= 4 is 16.7 Å². The number of hydrogen-bond donors (Lipinski definition) is 2. The van der Waals surface area contributed by atoms with E-state index in [1.165, 1.54) is 21.9 Å². The summed E-state index contributed by atoms with van der Waals surface area (Å²) in [4.78, 5) is 14.1. The number of rotatable bonds is 7. The highest BCUT2D eigenvalue weighted by atomic mass is 16.4. The summed E-state index contributed by atoms with van der Waals surface area (Å²) in [5.41, 5.74) is 2.78. The molecule has 5 rings (SSSR count). The quantitative estimate of drug-likeness (QED) is 0.468. The van der Waals surface area contributed by atoms with Crippen LogP contribution in [0.3, 0.4) is 0 Å².